The van der Waals surface area contributed by atoms with Crippen molar-refractivity contribution in [3.8, 4) is 17.4 Å². The fourth-order valence-corrected chi connectivity index (χ4v) is 2.70. The van der Waals surface area contributed by atoms with Crippen molar-refractivity contribution in [1.82, 2.24) is 0 Å². The van der Waals surface area contributed by atoms with Crippen molar-refractivity contribution in [2.75, 3.05) is 5.32 Å². The van der Waals surface area contributed by atoms with Crippen molar-refractivity contribution in [1.29, 1.82) is 5.26 Å². The maximum atomic E-state index is 12.4. The lowest BCUT2D eigenvalue weighted by Crippen LogP contribution is -2.14. The first-order valence-electron chi connectivity index (χ1n) is 8.41. The molecule has 8 heteroatoms. The number of nitriles is 1. The zero-order valence-corrected chi connectivity index (χ0v) is 15.9. The van der Waals surface area contributed by atoms with Gasteiger partial charge < -0.3 is 9.73 Å². The molecule has 0 spiro atoms. The molecule has 0 saturated carbocycles. The zero-order chi connectivity index (χ0) is 21.0. The quantitative estimate of drug-likeness (QED) is 0.265. The summed E-state index contributed by atoms with van der Waals surface area (Å²) in [4.78, 5) is 23.0. The summed E-state index contributed by atoms with van der Waals surface area (Å²) >= 11 is 5.87. The molecule has 0 aliphatic rings. The third kappa shape index (κ3) is 4.69. The highest BCUT2D eigenvalue weighted by atomic mass is 35.5. The van der Waals surface area contributed by atoms with Crippen LogP contribution in [0.2, 0.25) is 5.02 Å². The fraction of sp³-hybridized carbons (Fsp3) is 0.0476. The maximum absolute atomic E-state index is 12.4. The summed E-state index contributed by atoms with van der Waals surface area (Å²) in [5, 5.41) is 23.5. The third-order valence-electron chi connectivity index (χ3n) is 4.01. The summed E-state index contributed by atoms with van der Waals surface area (Å²) in [7, 11) is 0. The van der Waals surface area contributed by atoms with Gasteiger partial charge in [-0.2, -0.15) is 5.26 Å². The monoisotopic (exact) mass is 407 g/mol. The second-order valence-electron chi connectivity index (χ2n) is 6.11. The van der Waals surface area contributed by atoms with Crippen LogP contribution in [0, 0.1) is 28.4 Å². The van der Waals surface area contributed by atoms with E-state index >= 15 is 0 Å². The molecular formula is C21H14ClN3O4. The molecule has 0 aliphatic carbocycles. The summed E-state index contributed by atoms with van der Waals surface area (Å²) in [6, 6.07) is 16.5. The molecule has 3 rings (SSSR count). The van der Waals surface area contributed by atoms with Crippen molar-refractivity contribution in [2.45, 2.75) is 6.92 Å². The highest BCUT2D eigenvalue weighted by Gasteiger charge is 2.18. The molecule has 0 fully saturated rings. The van der Waals surface area contributed by atoms with Crippen molar-refractivity contribution in [2.24, 2.45) is 0 Å². The van der Waals surface area contributed by atoms with Crippen LogP contribution in [0.1, 0.15) is 11.3 Å². The first-order chi connectivity index (χ1) is 13.9. The largest absolute Gasteiger partial charge is 0.457 e. The normalized spacial score (nSPS) is 11.0. The Morgan fingerprint density at radius 1 is 1.21 bits per heavy atom. The molecule has 29 heavy (non-hydrogen) atoms. The summed E-state index contributed by atoms with van der Waals surface area (Å²) in [5.41, 5.74) is 0.965. The molecule has 2 aromatic carbocycles. The summed E-state index contributed by atoms with van der Waals surface area (Å²) in [6.45, 7) is 1.70. The Labute approximate surface area is 171 Å². The van der Waals surface area contributed by atoms with Crippen LogP contribution in [0.4, 0.5) is 11.4 Å². The predicted molar refractivity (Wildman–Crippen MR) is 109 cm³/mol. The maximum Gasteiger partial charge on any atom is 0.293 e. The number of nitro groups is 1. The summed E-state index contributed by atoms with van der Waals surface area (Å²) in [6.07, 6.45) is 1.27. The molecule has 1 N–H and O–H groups in total. The van der Waals surface area contributed by atoms with E-state index in [2.05, 4.69) is 5.32 Å². The van der Waals surface area contributed by atoms with Crippen LogP contribution in [0.15, 0.2) is 64.6 Å². The van der Waals surface area contributed by atoms with Gasteiger partial charge in [0.1, 0.15) is 28.9 Å². The number of nitrogens with zero attached hydrogens (tertiary/aromatic N) is 2. The Kier molecular flexibility index (Phi) is 5.77. The molecule has 0 saturated heterocycles. The summed E-state index contributed by atoms with van der Waals surface area (Å²) < 4.78 is 5.66. The van der Waals surface area contributed by atoms with Crippen LogP contribution in [0.5, 0.6) is 0 Å². The highest BCUT2D eigenvalue weighted by molar-refractivity contribution is 6.30. The molecule has 1 amide bonds. The van der Waals surface area contributed by atoms with E-state index in [-0.39, 0.29) is 16.9 Å². The molecule has 0 radical (unpaired) electrons. The van der Waals surface area contributed by atoms with Gasteiger partial charge in [0.25, 0.3) is 11.6 Å². The molecule has 0 bridgehead atoms. The molecular weight excluding hydrogens is 394 g/mol. The van der Waals surface area contributed by atoms with Gasteiger partial charge in [0.2, 0.25) is 0 Å². The number of hydrogen-bond acceptors (Lipinski definition) is 5. The SMILES string of the molecule is Cc1ccc(NC(=O)/C(C#N)=C/c2ccc(-c3ccc(Cl)cc3)o2)c([N+](=O)[O-])c1. The minimum Gasteiger partial charge on any atom is -0.457 e. The Balaban J connectivity index is 1.84. The molecule has 7 nitrogen and oxygen atoms in total. The molecule has 0 unspecified atom stereocenters. The molecule has 0 atom stereocenters. The van der Waals surface area contributed by atoms with E-state index in [1.54, 1.807) is 55.5 Å². The second kappa shape index (κ2) is 8.42. The van der Waals surface area contributed by atoms with E-state index in [0.717, 1.165) is 5.56 Å². The number of hydrogen-bond donors (Lipinski definition) is 1. The number of amides is 1. The van der Waals surface area contributed by atoms with Gasteiger partial charge >= 0.3 is 0 Å². The fourth-order valence-electron chi connectivity index (χ4n) is 2.58. The number of furan rings is 1. The number of benzene rings is 2. The number of nitro benzene ring substituents is 1. The van der Waals surface area contributed by atoms with Crippen molar-refractivity contribution in [3.05, 3.63) is 86.6 Å². The molecule has 144 valence electrons. The van der Waals surface area contributed by atoms with E-state index in [9.17, 15) is 20.2 Å². The van der Waals surface area contributed by atoms with Gasteiger partial charge in [-0.05, 0) is 55.0 Å². The molecule has 1 aromatic heterocycles. The van der Waals surface area contributed by atoms with Crippen LogP contribution in [0.25, 0.3) is 17.4 Å². The third-order valence-corrected chi connectivity index (χ3v) is 4.26. The van der Waals surface area contributed by atoms with Crippen LogP contribution in [0.3, 0.4) is 0 Å². The minimum absolute atomic E-state index is 0.00745. The molecule has 1 heterocycles. The van der Waals surface area contributed by atoms with Crippen LogP contribution in [-0.4, -0.2) is 10.8 Å². The topological polar surface area (TPSA) is 109 Å². The predicted octanol–water partition coefficient (Wildman–Crippen LogP) is 5.36. The molecule has 3 aromatic rings. The van der Waals surface area contributed by atoms with E-state index in [1.807, 2.05) is 0 Å². The lowest BCUT2D eigenvalue weighted by Gasteiger charge is -2.05. The minimum atomic E-state index is -0.774. The number of nitrogens with one attached hydrogen (secondary N) is 1. The number of anilines is 1. The molecule has 0 aliphatic heterocycles. The standard InChI is InChI=1S/C21H14ClN3O4/c1-13-2-8-18(19(10-13)25(27)28)24-21(26)15(12-23)11-17-7-9-20(29-17)14-3-5-16(22)6-4-14/h2-11H,1H3,(H,24,26)/b15-11+. The van der Waals surface area contributed by atoms with Crippen LogP contribution < -0.4 is 5.32 Å². The number of rotatable bonds is 5. The van der Waals surface area contributed by atoms with Crippen molar-refractivity contribution >= 4 is 35.0 Å². The van der Waals surface area contributed by atoms with Gasteiger partial charge in [-0.25, -0.2) is 0 Å². The van der Waals surface area contributed by atoms with Crippen molar-refractivity contribution < 1.29 is 14.1 Å². The smallest absolute Gasteiger partial charge is 0.293 e. The van der Waals surface area contributed by atoms with E-state index in [1.165, 1.54) is 18.2 Å². The Morgan fingerprint density at radius 3 is 2.59 bits per heavy atom. The Bertz CT molecular complexity index is 1160. The van der Waals surface area contributed by atoms with E-state index < -0.39 is 10.8 Å². The van der Waals surface area contributed by atoms with Crippen molar-refractivity contribution in [3.63, 3.8) is 0 Å². The first kappa shape index (κ1) is 19.9. The van der Waals surface area contributed by atoms with Gasteiger partial charge in [0.15, 0.2) is 0 Å². The highest BCUT2D eigenvalue weighted by Crippen LogP contribution is 2.27. The van der Waals surface area contributed by atoms with Crippen LogP contribution >= 0.6 is 11.6 Å². The number of carbonyl (C=O) groups excluding carboxylic acids is 1. The van der Waals surface area contributed by atoms with E-state index in [4.69, 9.17) is 16.0 Å². The first-order valence-corrected chi connectivity index (χ1v) is 8.79. The Hall–Kier alpha value is -3.89. The van der Waals surface area contributed by atoms with Gasteiger partial charge in [-0.1, -0.05) is 17.7 Å². The van der Waals surface area contributed by atoms with Crippen LogP contribution in [-0.2, 0) is 4.79 Å². The second-order valence-corrected chi connectivity index (χ2v) is 6.55. The number of aryl methyl sites for hydroxylation is 1. The average molecular weight is 408 g/mol. The van der Waals surface area contributed by atoms with E-state index in [0.29, 0.717) is 22.1 Å². The zero-order valence-electron chi connectivity index (χ0n) is 15.2. The van der Waals surface area contributed by atoms with Gasteiger partial charge in [0, 0.05) is 22.7 Å². The Morgan fingerprint density at radius 2 is 1.93 bits per heavy atom. The summed E-state index contributed by atoms with van der Waals surface area (Å²) in [5.74, 6) is 0.0590. The lowest BCUT2D eigenvalue weighted by molar-refractivity contribution is -0.384. The number of halogens is 1. The van der Waals surface area contributed by atoms with Gasteiger partial charge in [-0.15, -0.1) is 0 Å². The van der Waals surface area contributed by atoms with Gasteiger partial charge in [0.05, 0.1) is 4.92 Å². The van der Waals surface area contributed by atoms with Gasteiger partial charge in [-0.3, -0.25) is 14.9 Å². The average Bonchev–Trinajstić information content (AvgIpc) is 3.16. The lowest BCUT2D eigenvalue weighted by atomic mass is 10.1. The number of carbonyl (C=O) groups is 1.